The van der Waals surface area contributed by atoms with Crippen LogP contribution in [0.25, 0.3) is 11.0 Å². The van der Waals surface area contributed by atoms with Crippen molar-refractivity contribution >= 4 is 22.8 Å². The van der Waals surface area contributed by atoms with Gasteiger partial charge in [0, 0.05) is 13.6 Å². The molecule has 8 nitrogen and oxygen atoms in total. The monoisotopic (exact) mass is 278 g/mol. The summed E-state index contributed by atoms with van der Waals surface area (Å²) >= 11 is 0. The van der Waals surface area contributed by atoms with Gasteiger partial charge in [0.2, 0.25) is 0 Å². The van der Waals surface area contributed by atoms with Gasteiger partial charge in [-0.2, -0.15) is 10.2 Å². The van der Waals surface area contributed by atoms with E-state index in [1.54, 1.807) is 4.68 Å². The van der Waals surface area contributed by atoms with E-state index in [1.807, 2.05) is 14.0 Å². The fraction of sp³-hybridized carbons (Fsp3) is 0.583. The van der Waals surface area contributed by atoms with Gasteiger partial charge in [0.15, 0.2) is 5.65 Å². The summed E-state index contributed by atoms with van der Waals surface area (Å²) in [7, 11) is 1.81. The Morgan fingerprint density at radius 2 is 2.40 bits per heavy atom. The van der Waals surface area contributed by atoms with Crippen LogP contribution in [0, 0.1) is 6.92 Å². The van der Waals surface area contributed by atoms with Crippen LogP contribution in [-0.4, -0.2) is 44.6 Å². The van der Waals surface area contributed by atoms with Crippen LogP contribution in [0.2, 0.25) is 0 Å². The number of nitrogens with one attached hydrogen (secondary N) is 2. The van der Waals surface area contributed by atoms with Crippen LogP contribution in [0.5, 0.6) is 0 Å². The molecule has 0 saturated carbocycles. The van der Waals surface area contributed by atoms with Crippen LogP contribution < -0.4 is 11.1 Å². The lowest BCUT2D eigenvalue weighted by atomic mass is 10.2. The zero-order valence-electron chi connectivity index (χ0n) is 11.5. The minimum absolute atomic E-state index is 0.0207. The van der Waals surface area contributed by atoms with E-state index < -0.39 is 6.10 Å². The van der Waals surface area contributed by atoms with Gasteiger partial charge in [-0.1, -0.05) is 0 Å². The zero-order chi connectivity index (χ0) is 14.3. The molecule has 1 amide bonds. The predicted octanol–water partition coefficient (Wildman–Crippen LogP) is 0.0496. The first-order valence-corrected chi connectivity index (χ1v) is 6.64. The molecule has 20 heavy (non-hydrogen) atoms. The number of fused-ring (bicyclic) bond motifs is 1. The van der Waals surface area contributed by atoms with E-state index in [0.717, 1.165) is 17.5 Å². The lowest BCUT2D eigenvalue weighted by Gasteiger charge is -2.11. The molecule has 0 spiro atoms. The number of rotatable bonds is 3. The summed E-state index contributed by atoms with van der Waals surface area (Å²) in [5.41, 5.74) is 7.08. The molecule has 0 aromatic carbocycles. The standard InChI is InChI=1S/C12H18N6O2/c1-6-9-10(15-16-11(9)18(2)17-6)14-12(19)8-4-3-7(5-13)20-8/h7-8H,3-5,13H2,1-2H3,(H2,14,15,16,19)/t7-,8+/m1/s1. The summed E-state index contributed by atoms with van der Waals surface area (Å²) in [6.07, 6.45) is 1.04. The second-order valence-electron chi connectivity index (χ2n) is 5.06. The van der Waals surface area contributed by atoms with Gasteiger partial charge < -0.3 is 15.8 Å². The van der Waals surface area contributed by atoms with Crippen molar-refractivity contribution in [2.75, 3.05) is 11.9 Å². The minimum atomic E-state index is -0.445. The maximum Gasteiger partial charge on any atom is 0.254 e. The Labute approximate surface area is 115 Å². The molecule has 1 fully saturated rings. The Balaban J connectivity index is 1.78. The molecular formula is C12H18N6O2. The number of anilines is 1. The Morgan fingerprint density at radius 3 is 3.10 bits per heavy atom. The molecule has 0 unspecified atom stereocenters. The van der Waals surface area contributed by atoms with Crippen LogP contribution in [-0.2, 0) is 16.6 Å². The summed E-state index contributed by atoms with van der Waals surface area (Å²) in [6.45, 7) is 2.32. The van der Waals surface area contributed by atoms with Crippen LogP contribution >= 0.6 is 0 Å². The molecule has 108 valence electrons. The van der Waals surface area contributed by atoms with Crippen LogP contribution in [0.15, 0.2) is 0 Å². The predicted molar refractivity (Wildman–Crippen MR) is 73.2 cm³/mol. The smallest absolute Gasteiger partial charge is 0.254 e. The SMILES string of the molecule is Cc1nn(C)c2n[nH]c(NC(=O)[C@@H]3CC[C@H](CN)O3)c12. The molecule has 4 N–H and O–H groups in total. The fourth-order valence-electron chi connectivity index (χ4n) is 2.60. The number of aryl methyl sites for hydroxylation is 2. The van der Waals surface area contributed by atoms with Gasteiger partial charge in [-0.15, -0.1) is 0 Å². The van der Waals surface area contributed by atoms with E-state index >= 15 is 0 Å². The van der Waals surface area contributed by atoms with Crippen molar-refractivity contribution in [1.82, 2.24) is 20.0 Å². The number of aromatic nitrogens is 4. The third-order valence-electron chi connectivity index (χ3n) is 3.63. The molecule has 2 aromatic heterocycles. The number of hydrogen-bond acceptors (Lipinski definition) is 5. The van der Waals surface area contributed by atoms with Gasteiger partial charge in [0.05, 0.1) is 17.2 Å². The van der Waals surface area contributed by atoms with Crippen molar-refractivity contribution in [1.29, 1.82) is 0 Å². The normalized spacial score (nSPS) is 22.6. The second-order valence-corrected chi connectivity index (χ2v) is 5.06. The molecule has 8 heteroatoms. The first kappa shape index (κ1) is 13.1. The molecule has 2 aromatic rings. The highest BCUT2D eigenvalue weighted by Gasteiger charge is 2.30. The molecule has 2 atom stereocenters. The average Bonchev–Trinajstić information content (AvgIpc) is 3.09. The number of nitrogens with two attached hydrogens (primary N) is 1. The maximum absolute atomic E-state index is 12.2. The maximum atomic E-state index is 12.2. The number of hydrogen-bond donors (Lipinski definition) is 3. The molecule has 3 heterocycles. The zero-order valence-corrected chi connectivity index (χ0v) is 11.5. The van der Waals surface area contributed by atoms with Gasteiger partial charge in [-0.3, -0.25) is 9.89 Å². The molecular weight excluding hydrogens is 260 g/mol. The number of carbonyl (C=O) groups excluding carboxylic acids is 1. The number of H-pyrrole nitrogens is 1. The van der Waals surface area contributed by atoms with E-state index in [4.69, 9.17) is 10.5 Å². The summed E-state index contributed by atoms with van der Waals surface area (Å²) in [5.74, 6) is 0.394. The Kier molecular flexibility index (Phi) is 3.19. The molecule has 0 bridgehead atoms. The molecule has 0 aliphatic carbocycles. The highest BCUT2D eigenvalue weighted by atomic mass is 16.5. The molecule has 3 rings (SSSR count). The van der Waals surface area contributed by atoms with Crippen LogP contribution in [0.4, 0.5) is 5.82 Å². The van der Waals surface area contributed by atoms with Gasteiger partial charge in [0.1, 0.15) is 11.9 Å². The molecule has 1 saturated heterocycles. The van der Waals surface area contributed by atoms with Crippen molar-refractivity contribution in [3.63, 3.8) is 0 Å². The largest absolute Gasteiger partial charge is 0.364 e. The second kappa shape index (κ2) is 4.88. The van der Waals surface area contributed by atoms with Crippen LogP contribution in [0.3, 0.4) is 0 Å². The third kappa shape index (κ3) is 2.06. The van der Waals surface area contributed by atoms with E-state index in [2.05, 4.69) is 20.6 Å². The van der Waals surface area contributed by atoms with Gasteiger partial charge in [0.25, 0.3) is 5.91 Å². The first-order valence-electron chi connectivity index (χ1n) is 6.64. The lowest BCUT2D eigenvalue weighted by molar-refractivity contribution is -0.126. The van der Waals surface area contributed by atoms with E-state index in [0.29, 0.717) is 24.4 Å². The quantitative estimate of drug-likeness (QED) is 0.734. The average molecular weight is 278 g/mol. The highest BCUT2D eigenvalue weighted by molar-refractivity contribution is 6.01. The third-order valence-corrected chi connectivity index (χ3v) is 3.63. The summed E-state index contributed by atoms with van der Waals surface area (Å²) in [5, 5.41) is 14.9. The molecule has 1 aliphatic heterocycles. The minimum Gasteiger partial charge on any atom is -0.364 e. The van der Waals surface area contributed by atoms with E-state index in [9.17, 15) is 4.79 Å². The summed E-state index contributed by atoms with van der Waals surface area (Å²) < 4.78 is 7.25. The Bertz CT molecular complexity index is 646. The highest BCUT2D eigenvalue weighted by Crippen LogP contribution is 2.25. The summed E-state index contributed by atoms with van der Waals surface area (Å²) in [4.78, 5) is 12.2. The number of nitrogens with zero attached hydrogens (tertiary/aromatic N) is 3. The van der Waals surface area contributed by atoms with Gasteiger partial charge >= 0.3 is 0 Å². The molecule has 1 aliphatic rings. The van der Waals surface area contributed by atoms with Crippen molar-refractivity contribution in [3.05, 3.63) is 5.69 Å². The lowest BCUT2D eigenvalue weighted by Crippen LogP contribution is -2.30. The topological polar surface area (TPSA) is 111 Å². The van der Waals surface area contributed by atoms with E-state index in [-0.39, 0.29) is 12.0 Å². The van der Waals surface area contributed by atoms with Crippen LogP contribution in [0.1, 0.15) is 18.5 Å². The fourth-order valence-corrected chi connectivity index (χ4v) is 2.60. The first-order chi connectivity index (χ1) is 9.60. The Morgan fingerprint density at radius 1 is 1.60 bits per heavy atom. The molecule has 0 radical (unpaired) electrons. The number of ether oxygens (including phenoxy) is 1. The Hall–Kier alpha value is -1.93. The van der Waals surface area contributed by atoms with Crippen molar-refractivity contribution in [3.8, 4) is 0 Å². The van der Waals surface area contributed by atoms with Crippen molar-refractivity contribution < 1.29 is 9.53 Å². The van der Waals surface area contributed by atoms with Gasteiger partial charge in [-0.25, -0.2) is 4.68 Å². The van der Waals surface area contributed by atoms with Crippen molar-refractivity contribution in [2.24, 2.45) is 12.8 Å². The number of amides is 1. The summed E-state index contributed by atoms with van der Waals surface area (Å²) in [6, 6.07) is 0. The van der Waals surface area contributed by atoms with Crippen molar-refractivity contribution in [2.45, 2.75) is 32.0 Å². The van der Waals surface area contributed by atoms with Gasteiger partial charge in [-0.05, 0) is 19.8 Å². The number of carbonyl (C=O) groups is 1. The number of aromatic amines is 1. The van der Waals surface area contributed by atoms with E-state index in [1.165, 1.54) is 0 Å².